The van der Waals surface area contributed by atoms with E-state index in [9.17, 15) is 0 Å². The standard InChI is InChI=1S/C18H25N5/c1-4-13-8-12(7-11(2)3)9-14(13)18-22-21-16-10-20-17-15(23(16)18)5-6-19-17/h5-6,10-14,19H,4,7-9H2,1-3H3/t12?,13-,14?/m1/s1. The molecule has 23 heavy (non-hydrogen) atoms. The van der Waals surface area contributed by atoms with Gasteiger partial charge in [-0.2, -0.15) is 0 Å². The summed E-state index contributed by atoms with van der Waals surface area (Å²) in [6, 6.07) is 2.07. The molecule has 2 unspecified atom stereocenters. The second kappa shape index (κ2) is 5.62. The zero-order valence-electron chi connectivity index (χ0n) is 14.2. The van der Waals surface area contributed by atoms with Gasteiger partial charge < -0.3 is 4.98 Å². The molecule has 0 bridgehead atoms. The van der Waals surface area contributed by atoms with Gasteiger partial charge in [-0.1, -0.05) is 27.2 Å². The Morgan fingerprint density at radius 1 is 1.30 bits per heavy atom. The maximum atomic E-state index is 4.58. The van der Waals surface area contributed by atoms with Gasteiger partial charge in [0.15, 0.2) is 11.3 Å². The van der Waals surface area contributed by atoms with Gasteiger partial charge in [-0.15, -0.1) is 10.2 Å². The predicted octanol–water partition coefficient (Wildman–Crippen LogP) is 4.17. The second-order valence-corrected chi connectivity index (χ2v) is 7.46. The third kappa shape index (κ3) is 2.42. The van der Waals surface area contributed by atoms with Crippen LogP contribution in [-0.2, 0) is 0 Å². The highest BCUT2D eigenvalue weighted by Gasteiger charge is 2.37. The lowest BCUT2D eigenvalue weighted by Crippen LogP contribution is -2.09. The zero-order valence-corrected chi connectivity index (χ0v) is 14.2. The van der Waals surface area contributed by atoms with E-state index in [-0.39, 0.29) is 0 Å². The molecule has 3 aromatic heterocycles. The first-order valence-corrected chi connectivity index (χ1v) is 8.84. The first-order chi connectivity index (χ1) is 11.2. The molecule has 0 amide bonds. The van der Waals surface area contributed by atoms with Gasteiger partial charge in [0, 0.05) is 12.1 Å². The number of nitrogens with one attached hydrogen (secondary N) is 1. The number of aromatic amines is 1. The molecule has 122 valence electrons. The van der Waals surface area contributed by atoms with Gasteiger partial charge in [-0.3, -0.25) is 4.40 Å². The summed E-state index contributed by atoms with van der Waals surface area (Å²) in [6.07, 6.45) is 8.87. The Labute approximate surface area is 136 Å². The molecule has 1 fully saturated rings. The summed E-state index contributed by atoms with van der Waals surface area (Å²) >= 11 is 0. The average molecular weight is 311 g/mol. The van der Waals surface area contributed by atoms with Gasteiger partial charge in [0.05, 0.1) is 11.7 Å². The van der Waals surface area contributed by atoms with Crippen LogP contribution in [-0.4, -0.2) is 24.6 Å². The molecule has 0 radical (unpaired) electrons. The molecule has 4 rings (SSSR count). The molecule has 0 aromatic carbocycles. The van der Waals surface area contributed by atoms with E-state index in [1.807, 2.05) is 12.4 Å². The Balaban J connectivity index is 1.77. The fourth-order valence-electron chi connectivity index (χ4n) is 4.50. The number of aromatic nitrogens is 5. The van der Waals surface area contributed by atoms with Crippen LogP contribution in [0.2, 0.25) is 0 Å². The van der Waals surface area contributed by atoms with Gasteiger partial charge >= 0.3 is 0 Å². The Morgan fingerprint density at radius 2 is 2.17 bits per heavy atom. The molecule has 3 atom stereocenters. The van der Waals surface area contributed by atoms with E-state index in [2.05, 4.69) is 51.4 Å². The van der Waals surface area contributed by atoms with Crippen molar-refractivity contribution in [2.45, 2.75) is 52.4 Å². The minimum absolute atomic E-state index is 0.513. The smallest absolute Gasteiger partial charge is 0.179 e. The van der Waals surface area contributed by atoms with Crippen LogP contribution in [0.4, 0.5) is 0 Å². The molecule has 0 aliphatic heterocycles. The lowest BCUT2D eigenvalue weighted by molar-refractivity contribution is 0.399. The first-order valence-electron chi connectivity index (χ1n) is 8.84. The number of rotatable bonds is 4. The maximum absolute atomic E-state index is 4.58. The monoisotopic (exact) mass is 311 g/mol. The van der Waals surface area contributed by atoms with Crippen molar-refractivity contribution in [2.75, 3.05) is 0 Å². The van der Waals surface area contributed by atoms with E-state index in [1.54, 1.807) is 0 Å². The third-order valence-corrected chi connectivity index (χ3v) is 5.42. The van der Waals surface area contributed by atoms with E-state index in [1.165, 1.54) is 25.7 Å². The largest absolute Gasteiger partial charge is 0.345 e. The summed E-state index contributed by atoms with van der Waals surface area (Å²) in [6.45, 7) is 6.97. The molecule has 5 nitrogen and oxygen atoms in total. The fraction of sp³-hybridized carbons (Fsp3) is 0.611. The number of fused-ring (bicyclic) bond motifs is 3. The second-order valence-electron chi connectivity index (χ2n) is 7.46. The summed E-state index contributed by atoms with van der Waals surface area (Å²) < 4.78 is 2.21. The van der Waals surface area contributed by atoms with Crippen LogP contribution < -0.4 is 0 Å². The number of hydrogen-bond donors (Lipinski definition) is 1. The van der Waals surface area contributed by atoms with Crippen LogP contribution >= 0.6 is 0 Å². The van der Waals surface area contributed by atoms with Crippen LogP contribution in [0.1, 0.15) is 58.2 Å². The Kier molecular flexibility index (Phi) is 3.58. The first kappa shape index (κ1) is 14.7. The molecule has 0 saturated heterocycles. The molecule has 3 heterocycles. The molecule has 1 saturated carbocycles. The van der Waals surface area contributed by atoms with Gasteiger partial charge in [-0.05, 0) is 43.1 Å². The summed E-state index contributed by atoms with van der Waals surface area (Å²) in [5.74, 6) is 3.95. The van der Waals surface area contributed by atoms with Crippen molar-refractivity contribution in [1.82, 2.24) is 24.6 Å². The van der Waals surface area contributed by atoms with Crippen LogP contribution in [0.25, 0.3) is 16.8 Å². The highest BCUT2D eigenvalue weighted by molar-refractivity contribution is 5.74. The Bertz CT molecular complexity index is 815. The highest BCUT2D eigenvalue weighted by atomic mass is 15.3. The SMILES string of the molecule is CC[C@@H]1CC(CC(C)C)CC1c1nnc2cnc3[nH]ccc3n12. The Hall–Kier alpha value is -1.91. The highest BCUT2D eigenvalue weighted by Crippen LogP contribution is 2.46. The van der Waals surface area contributed by atoms with Crippen molar-refractivity contribution in [3.05, 3.63) is 24.3 Å². The number of nitrogens with zero attached hydrogens (tertiary/aromatic N) is 4. The molecule has 5 heteroatoms. The lowest BCUT2D eigenvalue weighted by atomic mass is 9.93. The average Bonchev–Trinajstić information content (AvgIpc) is 3.22. The normalized spacial score (nSPS) is 25.1. The van der Waals surface area contributed by atoms with Gasteiger partial charge in [0.2, 0.25) is 0 Å². The fourth-order valence-corrected chi connectivity index (χ4v) is 4.50. The van der Waals surface area contributed by atoms with Crippen LogP contribution in [0.3, 0.4) is 0 Å². The van der Waals surface area contributed by atoms with Crippen LogP contribution in [0.5, 0.6) is 0 Å². The van der Waals surface area contributed by atoms with Crippen molar-refractivity contribution in [3.8, 4) is 0 Å². The molecule has 1 aliphatic rings. The summed E-state index contributed by atoms with van der Waals surface area (Å²) in [4.78, 5) is 7.62. The summed E-state index contributed by atoms with van der Waals surface area (Å²) in [5, 5.41) is 8.96. The van der Waals surface area contributed by atoms with E-state index >= 15 is 0 Å². The molecule has 1 N–H and O–H groups in total. The van der Waals surface area contributed by atoms with E-state index in [0.717, 1.165) is 34.5 Å². The molecular weight excluding hydrogens is 286 g/mol. The topological polar surface area (TPSA) is 58.9 Å². The van der Waals surface area contributed by atoms with Crippen molar-refractivity contribution in [2.24, 2.45) is 17.8 Å². The van der Waals surface area contributed by atoms with Crippen LogP contribution in [0.15, 0.2) is 18.5 Å². The van der Waals surface area contributed by atoms with Crippen LogP contribution in [0, 0.1) is 17.8 Å². The van der Waals surface area contributed by atoms with E-state index < -0.39 is 0 Å². The van der Waals surface area contributed by atoms with Crippen molar-refractivity contribution >= 4 is 16.8 Å². The van der Waals surface area contributed by atoms with Gasteiger partial charge in [0.25, 0.3) is 0 Å². The Morgan fingerprint density at radius 3 is 2.96 bits per heavy atom. The molecule has 0 spiro atoms. The van der Waals surface area contributed by atoms with E-state index in [4.69, 9.17) is 0 Å². The lowest BCUT2D eigenvalue weighted by Gasteiger charge is -2.16. The van der Waals surface area contributed by atoms with Gasteiger partial charge in [0.1, 0.15) is 5.82 Å². The minimum Gasteiger partial charge on any atom is -0.345 e. The summed E-state index contributed by atoms with van der Waals surface area (Å²) in [5.41, 5.74) is 2.85. The van der Waals surface area contributed by atoms with Crippen molar-refractivity contribution in [1.29, 1.82) is 0 Å². The predicted molar refractivity (Wildman–Crippen MR) is 91.3 cm³/mol. The van der Waals surface area contributed by atoms with Crippen molar-refractivity contribution in [3.63, 3.8) is 0 Å². The third-order valence-electron chi connectivity index (χ3n) is 5.42. The molecule has 1 aliphatic carbocycles. The van der Waals surface area contributed by atoms with E-state index in [0.29, 0.717) is 11.8 Å². The zero-order chi connectivity index (χ0) is 16.0. The van der Waals surface area contributed by atoms with Crippen molar-refractivity contribution < 1.29 is 0 Å². The number of hydrogen-bond acceptors (Lipinski definition) is 3. The molecule has 3 aromatic rings. The summed E-state index contributed by atoms with van der Waals surface area (Å²) in [7, 11) is 0. The van der Waals surface area contributed by atoms with Gasteiger partial charge in [-0.25, -0.2) is 4.98 Å². The minimum atomic E-state index is 0.513. The maximum Gasteiger partial charge on any atom is 0.179 e. The quantitative estimate of drug-likeness (QED) is 0.786. The molecular formula is C18H25N5. The number of H-pyrrole nitrogens is 1.